The summed E-state index contributed by atoms with van der Waals surface area (Å²) in [5.41, 5.74) is 0. The highest BCUT2D eigenvalue weighted by Crippen LogP contribution is 2.31. The second-order valence-electron chi connectivity index (χ2n) is 2.99. The fourth-order valence-corrected chi connectivity index (χ4v) is 2.83. The first-order chi connectivity index (χ1) is 7.33. The van der Waals surface area contributed by atoms with Crippen molar-refractivity contribution in [2.75, 3.05) is 0 Å². The van der Waals surface area contributed by atoms with Gasteiger partial charge in [-0.1, -0.05) is 18.2 Å². The Morgan fingerprint density at radius 3 is 2.87 bits per heavy atom. The van der Waals surface area contributed by atoms with Crippen LogP contribution in [0.5, 0.6) is 0 Å². The summed E-state index contributed by atoms with van der Waals surface area (Å²) in [5.74, 6) is 0.422. The zero-order chi connectivity index (χ0) is 10.3. The van der Waals surface area contributed by atoms with E-state index in [1.165, 1.54) is 4.70 Å². The molecule has 0 saturated carbocycles. The van der Waals surface area contributed by atoms with Crippen LogP contribution in [0.3, 0.4) is 0 Å². The zero-order valence-electron chi connectivity index (χ0n) is 7.47. The molecule has 0 radical (unpaired) electrons. The molecule has 5 heteroatoms. The number of benzene rings is 1. The molecule has 1 aromatic carbocycles. The Kier molecular flexibility index (Phi) is 1.93. The third kappa shape index (κ3) is 1.49. The van der Waals surface area contributed by atoms with Crippen LogP contribution >= 0.6 is 22.9 Å². The van der Waals surface area contributed by atoms with Gasteiger partial charge in [0.05, 0.1) is 16.4 Å². The second-order valence-corrected chi connectivity index (χ2v) is 4.77. The van der Waals surface area contributed by atoms with E-state index in [0.717, 1.165) is 21.8 Å². The summed E-state index contributed by atoms with van der Waals surface area (Å²) in [5, 5.41) is 1.15. The average molecular weight is 235 g/mol. The Morgan fingerprint density at radius 2 is 2.13 bits per heavy atom. The molecule has 0 aliphatic rings. The Bertz CT molecular complexity index is 632. The van der Waals surface area contributed by atoms with E-state index in [-0.39, 0.29) is 4.94 Å². The van der Waals surface area contributed by atoms with Crippen molar-refractivity contribution in [3.8, 4) is 10.8 Å². The van der Waals surface area contributed by atoms with Crippen LogP contribution in [0, 0.1) is 0 Å². The van der Waals surface area contributed by atoms with Gasteiger partial charge in [-0.25, -0.2) is 4.79 Å². The van der Waals surface area contributed by atoms with Gasteiger partial charge in [-0.2, -0.15) is 0 Å². The van der Waals surface area contributed by atoms with Crippen molar-refractivity contribution in [2.45, 2.75) is 0 Å². The maximum absolute atomic E-state index is 10.9. The quantitative estimate of drug-likeness (QED) is 0.651. The van der Waals surface area contributed by atoms with Gasteiger partial charge < -0.3 is 4.42 Å². The molecule has 0 amide bonds. The molecule has 0 bridgehead atoms. The molecular formula is C10H5NO2S2. The van der Waals surface area contributed by atoms with Crippen LogP contribution in [-0.4, -0.2) is 4.37 Å². The van der Waals surface area contributed by atoms with Crippen molar-refractivity contribution >= 4 is 33.0 Å². The Hall–Kier alpha value is -1.46. The summed E-state index contributed by atoms with van der Waals surface area (Å²) >= 11 is 2.42. The van der Waals surface area contributed by atoms with Crippen LogP contribution in [-0.2, 0) is 0 Å². The Labute approximate surface area is 92.8 Å². The Morgan fingerprint density at radius 1 is 1.27 bits per heavy atom. The predicted octanol–water partition coefficient (Wildman–Crippen LogP) is 2.98. The fraction of sp³-hybridized carbons (Fsp3) is 0. The van der Waals surface area contributed by atoms with E-state index in [1.807, 2.05) is 30.3 Å². The van der Waals surface area contributed by atoms with Crippen LogP contribution in [0.1, 0.15) is 0 Å². The maximum atomic E-state index is 10.9. The molecule has 74 valence electrons. The van der Waals surface area contributed by atoms with Gasteiger partial charge in [0.15, 0.2) is 0 Å². The highest BCUT2D eigenvalue weighted by atomic mass is 32.1. The van der Waals surface area contributed by atoms with Crippen LogP contribution < -0.4 is 4.94 Å². The van der Waals surface area contributed by atoms with Crippen molar-refractivity contribution in [1.29, 1.82) is 0 Å². The van der Waals surface area contributed by atoms with Crippen molar-refractivity contribution in [1.82, 2.24) is 4.37 Å². The van der Waals surface area contributed by atoms with Gasteiger partial charge in [-0.05, 0) is 17.5 Å². The molecule has 0 unspecified atom stereocenters. The first kappa shape index (κ1) is 8.82. The smallest absolute Gasteiger partial charge is 0.393 e. The van der Waals surface area contributed by atoms with Gasteiger partial charge in [0.2, 0.25) is 0 Å². The number of hydrogen-bond acceptors (Lipinski definition) is 5. The van der Waals surface area contributed by atoms with E-state index in [9.17, 15) is 4.79 Å². The molecule has 3 nitrogen and oxygen atoms in total. The monoisotopic (exact) mass is 235 g/mol. The summed E-state index contributed by atoms with van der Waals surface area (Å²) < 4.78 is 10.1. The summed E-state index contributed by atoms with van der Waals surface area (Å²) in [6.45, 7) is 0. The van der Waals surface area contributed by atoms with Gasteiger partial charge in [-0.15, -0.1) is 15.7 Å². The molecule has 0 fully saturated rings. The van der Waals surface area contributed by atoms with E-state index in [4.69, 9.17) is 4.42 Å². The van der Waals surface area contributed by atoms with Gasteiger partial charge in [0, 0.05) is 4.70 Å². The van der Waals surface area contributed by atoms with Crippen molar-refractivity contribution in [2.24, 2.45) is 0 Å². The third-order valence-corrected chi connectivity index (χ3v) is 3.61. The zero-order valence-corrected chi connectivity index (χ0v) is 9.10. The standard InChI is InChI=1S/C10H5NO2S2/c12-10-13-9(11-15-10)8-5-6-3-1-2-4-7(6)14-8/h1-5H. The highest BCUT2D eigenvalue weighted by Gasteiger charge is 2.09. The lowest BCUT2D eigenvalue weighted by atomic mass is 10.2. The molecule has 2 heterocycles. The summed E-state index contributed by atoms with van der Waals surface area (Å²) in [7, 11) is 0. The minimum absolute atomic E-state index is 0.359. The van der Waals surface area contributed by atoms with Crippen molar-refractivity contribution in [3.05, 3.63) is 40.1 Å². The molecule has 0 N–H and O–H groups in total. The number of nitrogens with zero attached hydrogens (tertiary/aromatic N) is 1. The summed E-state index contributed by atoms with van der Waals surface area (Å²) in [6.07, 6.45) is 0. The van der Waals surface area contributed by atoms with E-state index >= 15 is 0 Å². The van der Waals surface area contributed by atoms with Crippen molar-refractivity contribution in [3.63, 3.8) is 0 Å². The number of thiophene rings is 1. The summed E-state index contributed by atoms with van der Waals surface area (Å²) in [4.78, 5) is 11.4. The van der Waals surface area contributed by atoms with Gasteiger partial charge in [-0.3, -0.25) is 0 Å². The molecule has 2 aromatic heterocycles. The van der Waals surface area contributed by atoms with Crippen LogP contribution in [0.25, 0.3) is 20.9 Å². The van der Waals surface area contributed by atoms with E-state index < -0.39 is 0 Å². The van der Waals surface area contributed by atoms with Crippen LogP contribution in [0.15, 0.2) is 39.5 Å². The molecular weight excluding hydrogens is 230 g/mol. The minimum atomic E-state index is -0.359. The third-order valence-electron chi connectivity index (χ3n) is 2.02. The molecule has 0 aliphatic carbocycles. The number of fused-ring (bicyclic) bond motifs is 1. The lowest BCUT2D eigenvalue weighted by Gasteiger charge is -1.82. The van der Waals surface area contributed by atoms with Crippen molar-refractivity contribution < 1.29 is 4.42 Å². The normalized spacial score (nSPS) is 10.9. The van der Waals surface area contributed by atoms with Crippen LogP contribution in [0.2, 0.25) is 0 Å². The molecule has 0 atom stereocenters. The molecule has 15 heavy (non-hydrogen) atoms. The molecule has 0 spiro atoms. The largest absolute Gasteiger partial charge is 0.414 e. The topological polar surface area (TPSA) is 43.1 Å². The lowest BCUT2D eigenvalue weighted by Crippen LogP contribution is -1.80. The predicted molar refractivity (Wildman–Crippen MR) is 61.5 cm³/mol. The first-order valence-corrected chi connectivity index (χ1v) is 5.88. The van der Waals surface area contributed by atoms with E-state index in [2.05, 4.69) is 4.37 Å². The molecule has 3 aromatic rings. The highest BCUT2D eigenvalue weighted by molar-refractivity contribution is 7.22. The average Bonchev–Trinajstić information content (AvgIpc) is 2.82. The van der Waals surface area contributed by atoms with E-state index in [1.54, 1.807) is 11.3 Å². The van der Waals surface area contributed by atoms with Gasteiger partial charge >= 0.3 is 4.94 Å². The minimum Gasteiger partial charge on any atom is -0.393 e. The number of rotatable bonds is 1. The number of hydrogen-bond donors (Lipinski definition) is 0. The number of aromatic nitrogens is 1. The maximum Gasteiger partial charge on any atom is 0.414 e. The fourth-order valence-electron chi connectivity index (χ4n) is 1.38. The van der Waals surface area contributed by atoms with Crippen LogP contribution in [0.4, 0.5) is 0 Å². The lowest BCUT2D eigenvalue weighted by molar-refractivity contribution is 0.544. The SMILES string of the molecule is O=c1oc(-c2cc3ccccc3s2)ns1. The molecule has 3 rings (SSSR count). The second kappa shape index (κ2) is 3.29. The Balaban J connectivity index is 2.24. The van der Waals surface area contributed by atoms with E-state index in [0.29, 0.717) is 5.89 Å². The summed E-state index contributed by atoms with van der Waals surface area (Å²) in [6, 6.07) is 10.0. The van der Waals surface area contributed by atoms with Gasteiger partial charge in [0.1, 0.15) is 0 Å². The molecule has 0 saturated heterocycles. The first-order valence-electron chi connectivity index (χ1n) is 4.29. The van der Waals surface area contributed by atoms with Gasteiger partial charge in [0.25, 0.3) is 5.89 Å². The molecule has 0 aliphatic heterocycles.